The summed E-state index contributed by atoms with van der Waals surface area (Å²) in [5.74, 6) is 1.000. The van der Waals surface area contributed by atoms with Crippen molar-refractivity contribution in [1.29, 1.82) is 0 Å². The van der Waals surface area contributed by atoms with E-state index in [-0.39, 0.29) is 17.9 Å². The van der Waals surface area contributed by atoms with Gasteiger partial charge < -0.3 is 10.2 Å². The number of fused-ring (bicyclic) bond motifs is 1. The molecule has 3 rings (SSSR count). The Morgan fingerprint density at radius 1 is 1.29 bits per heavy atom. The molecule has 0 radical (unpaired) electrons. The van der Waals surface area contributed by atoms with E-state index in [1.165, 1.54) is 0 Å². The van der Waals surface area contributed by atoms with Gasteiger partial charge in [-0.1, -0.05) is 23.7 Å². The summed E-state index contributed by atoms with van der Waals surface area (Å²) in [5.41, 5.74) is 0.547. The van der Waals surface area contributed by atoms with E-state index in [0.717, 1.165) is 19.4 Å². The average molecular weight is 307 g/mol. The summed E-state index contributed by atoms with van der Waals surface area (Å²) in [4.78, 5) is 25.9. The summed E-state index contributed by atoms with van der Waals surface area (Å²) in [6.07, 6.45) is 2.46. The van der Waals surface area contributed by atoms with Gasteiger partial charge in [0.25, 0.3) is 5.91 Å². The highest BCUT2D eigenvalue weighted by Gasteiger charge is 2.40. The highest BCUT2D eigenvalue weighted by molar-refractivity contribution is 6.33. The van der Waals surface area contributed by atoms with Crippen molar-refractivity contribution in [2.75, 3.05) is 13.6 Å². The monoisotopic (exact) mass is 306 g/mol. The van der Waals surface area contributed by atoms with Crippen molar-refractivity contribution in [3.8, 4) is 0 Å². The number of hydrogen-bond acceptors (Lipinski definition) is 2. The first-order valence-corrected chi connectivity index (χ1v) is 7.72. The van der Waals surface area contributed by atoms with Crippen LogP contribution < -0.4 is 5.32 Å². The number of amides is 2. The minimum Gasteiger partial charge on any atom is -0.356 e. The Hall–Kier alpha value is -1.55. The van der Waals surface area contributed by atoms with Gasteiger partial charge in [-0.3, -0.25) is 9.59 Å². The quantitative estimate of drug-likeness (QED) is 0.911. The first-order valence-electron chi connectivity index (χ1n) is 7.34. The van der Waals surface area contributed by atoms with Crippen LogP contribution in [0.3, 0.4) is 0 Å². The second-order valence-corrected chi connectivity index (χ2v) is 6.46. The van der Waals surface area contributed by atoms with Crippen molar-refractivity contribution >= 4 is 23.4 Å². The smallest absolute Gasteiger partial charge is 0.255 e. The molecule has 1 saturated carbocycles. The highest BCUT2D eigenvalue weighted by atomic mass is 35.5. The van der Waals surface area contributed by atoms with Gasteiger partial charge in [-0.15, -0.1) is 0 Å². The van der Waals surface area contributed by atoms with Crippen LogP contribution in [-0.2, 0) is 4.79 Å². The van der Waals surface area contributed by atoms with E-state index in [2.05, 4.69) is 5.32 Å². The second kappa shape index (κ2) is 5.68. The lowest BCUT2D eigenvalue weighted by atomic mass is 9.89. The molecular formula is C16H19ClN2O2. The molecule has 0 unspecified atom stereocenters. The first-order chi connectivity index (χ1) is 10.1. The molecule has 0 aromatic heterocycles. The number of rotatable bonds is 2. The fourth-order valence-corrected chi connectivity index (χ4v) is 3.76. The van der Waals surface area contributed by atoms with Crippen LogP contribution in [0.5, 0.6) is 0 Å². The summed E-state index contributed by atoms with van der Waals surface area (Å²) in [7, 11) is 1.84. The van der Waals surface area contributed by atoms with Gasteiger partial charge >= 0.3 is 0 Å². The van der Waals surface area contributed by atoms with Gasteiger partial charge in [-0.05, 0) is 36.8 Å². The van der Waals surface area contributed by atoms with E-state index in [9.17, 15) is 9.59 Å². The molecule has 2 fully saturated rings. The zero-order chi connectivity index (χ0) is 15.0. The number of nitrogens with zero attached hydrogens (tertiary/aromatic N) is 1. The maximum atomic E-state index is 12.6. The van der Waals surface area contributed by atoms with E-state index in [1.54, 1.807) is 17.0 Å². The minimum absolute atomic E-state index is 0.0384. The van der Waals surface area contributed by atoms with Crippen LogP contribution in [0.2, 0.25) is 5.02 Å². The van der Waals surface area contributed by atoms with Crippen LogP contribution in [0, 0.1) is 11.8 Å². The van der Waals surface area contributed by atoms with Crippen LogP contribution in [0.1, 0.15) is 29.6 Å². The maximum Gasteiger partial charge on any atom is 0.255 e. The van der Waals surface area contributed by atoms with Gasteiger partial charge in [-0.25, -0.2) is 0 Å². The number of nitrogens with one attached hydrogen (secondary N) is 1. The normalized spacial score (nSPS) is 27.9. The molecule has 4 nitrogen and oxygen atoms in total. The number of carbonyl (C=O) groups excluding carboxylic acids is 2. The zero-order valence-electron chi connectivity index (χ0n) is 12.0. The van der Waals surface area contributed by atoms with Gasteiger partial charge in [0, 0.05) is 26.1 Å². The average Bonchev–Trinajstić information content (AvgIpc) is 2.89. The van der Waals surface area contributed by atoms with E-state index < -0.39 is 0 Å². The molecule has 0 spiro atoms. The molecule has 21 heavy (non-hydrogen) atoms. The molecule has 1 aromatic rings. The van der Waals surface area contributed by atoms with E-state index >= 15 is 0 Å². The summed E-state index contributed by atoms with van der Waals surface area (Å²) < 4.78 is 0. The third-order valence-electron chi connectivity index (χ3n) is 4.80. The Morgan fingerprint density at radius 2 is 2.00 bits per heavy atom. The first kappa shape index (κ1) is 14.4. The van der Waals surface area contributed by atoms with Crippen molar-refractivity contribution < 1.29 is 9.59 Å². The minimum atomic E-state index is -0.0384. The van der Waals surface area contributed by atoms with Crippen molar-refractivity contribution in [3.63, 3.8) is 0 Å². The Kier molecular flexibility index (Phi) is 3.89. The van der Waals surface area contributed by atoms with Gasteiger partial charge in [0.2, 0.25) is 5.91 Å². The molecule has 2 aliphatic rings. The van der Waals surface area contributed by atoms with Crippen molar-refractivity contribution in [3.05, 3.63) is 34.9 Å². The molecule has 2 amide bonds. The van der Waals surface area contributed by atoms with E-state index in [4.69, 9.17) is 11.6 Å². The van der Waals surface area contributed by atoms with Crippen LogP contribution in [0.25, 0.3) is 0 Å². The summed E-state index contributed by atoms with van der Waals surface area (Å²) >= 11 is 6.11. The lowest BCUT2D eigenvalue weighted by Gasteiger charge is -2.25. The lowest BCUT2D eigenvalue weighted by molar-refractivity contribution is -0.124. The summed E-state index contributed by atoms with van der Waals surface area (Å²) in [5, 5.41) is 3.41. The molecule has 1 aromatic carbocycles. The van der Waals surface area contributed by atoms with Gasteiger partial charge in [0.1, 0.15) is 0 Å². The van der Waals surface area contributed by atoms with Crippen molar-refractivity contribution in [2.45, 2.75) is 25.3 Å². The molecule has 3 atom stereocenters. The summed E-state index contributed by atoms with van der Waals surface area (Å²) in [6.45, 7) is 0.744. The fourth-order valence-electron chi connectivity index (χ4n) is 3.54. The highest BCUT2D eigenvalue weighted by Crippen LogP contribution is 2.38. The van der Waals surface area contributed by atoms with Crippen molar-refractivity contribution in [1.82, 2.24) is 10.2 Å². The molecule has 1 heterocycles. The standard InChI is InChI=1S/C16H19ClN2O2/c1-19(16(21)13-4-2-3-5-14(13)17)12-6-10-8-15(20)18-9-11(10)7-12/h2-5,10-12H,6-9H2,1H3,(H,18,20)/t10-,11+,12-/m1/s1. The van der Waals surface area contributed by atoms with Crippen LogP contribution >= 0.6 is 11.6 Å². The maximum absolute atomic E-state index is 12.6. The van der Waals surface area contributed by atoms with Crippen LogP contribution in [-0.4, -0.2) is 36.3 Å². The molecule has 1 aliphatic carbocycles. The van der Waals surface area contributed by atoms with Crippen LogP contribution in [0.4, 0.5) is 0 Å². The Morgan fingerprint density at radius 3 is 2.76 bits per heavy atom. The SMILES string of the molecule is CN(C(=O)c1ccccc1Cl)[C@H]1C[C@H]2CNC(=O)C[C@H]2C1. The third-order valence-corrected chi connectivity index (χ3v) is 5.13. The van der Waals surface area contributed by atoms with E-state index in [1.807, 2.05) is 19.2 Å². The molecular weight excluding hydrogens is 288 g/mol. The van der Waals surface area contributed by atoms with Gasteiger partial charge in [0.05, 0.1) is 10.6 Å². The number of halogens is 1. The second-order valence-electron chi connectivity index (χ2n) is 6.05. The summed E-state index contributed by atoms with van der Waals surface area (Å²) in [6, 6.07) is 7.33. The topological polar surface area (TPSA) is 49.4 Å². The molecule has 0 bridgehead atoms. The predicted molar refractivity (Wildman–Crippen MR) is 81.2 cm³/mol. The Balaban J connectivity index is 1.72. The molecule has 1 aliphatic heterocycles. The largest absolute Gasteiger partial charge is 0.356 e. The van der Waals surface area contributed by atoms with Crippen molar-refractivity contribution in [2.24, 2.45) is 11.8 Å². The van der Waals surface area contributed by atoms with E-state index in [0.29, 0.717) is 28.8 Å². The third kappa shape index (κ3) is 2.77. The fraction of sp³-hybridized carbons (Fsp3) is 0.500. The lowest BCUT2D eigenvalue weighted by Crippen LogP contribution is -2.38. The number of hydrogen-bond donors (Lipinski definition) is 1. The Labute approximate surface area is 129 Å². The molecule has 112 valence electrons. The van der Waals surface area contributed by atoms with Gasteiger partial charge in [-0.2, -0.15) is 0 Å². The molecule has 1 N–H and O–H groups in total. The van der Waals surface area contributed by atoms with Crippen LogP contribution in [0.15, 0.2) is 24.3 Å². The predicted octanol–water partition coefficient (Wildman–Crippen LogP) is 2.33. The molecule has 5 heteroatoms. The number of benzene rings is 1. The molecule has 1 saturated heterocycles. The number of carbonyl (C=O) groups is 2. The van der Waals surface area contributed by atoms with Gasteiger partial charge in [0.15, 0.2) is 0 Å². The Bertz CT molecular complexity index is 575. The zero-order valence-corrected chi connectivity index (χ0v) is 12.8. The number of piperidine rings is 1.